The fourth-order valence-electron chi connectivity index (χ4n) is 3.76. The van der Waals surface area contributed by atoms with Crippen molar-refractivity contribution in [2.24, 2.45) is 5.73 Å². The molecule has 0 fully saturated rings. The SMILES string of the molecule is COCCOC(=O)C1=C(N)OC(C)=C(C(=O)OC(C)(C)C)C12C(=O)Nc1ccccc12. The second-order valence-corrected chi connectivity index (χ2v) is 8.15. The van der Waals surface area contributed by atoms with Gasteiger partial charge in [0.2, 0.25) is 11.8 Å². The van der Waals surface area contributed by atoms with Crippen molar-refractivity contribution in [1.29, 1.82) is 0 Å². The molecule has 9 heteroatoms. The molecule has 3 N–H and O–H groups in total. The lowest BCUT2D eigenvalue weighted by molar-refractivity contribution is -0.152. The zero-order valence-electron chi connectivity index (χ0n) is 18.2. The Hall–Kier alpha value is -3.33. The molecule has 0 aromatic heterocycles. The maximum atomic E-state index is 13.5. The number of hydrogen-bond acceptors (Lipinski definition) is 8. The van der Waals surface area contributed by atoms with Crippen molar-refractivity contribution in [3.8, 4) is 0 Å². The summed E-state index contributed by atoms with van der Waals surface area (Å²) in [6, 6.07) is 6.74. The van der Waals surface area contributed by atoms with Crippen LogP contribution in [0, 0.1) is 0 Å². The van der Waals surface area contributed by atoms with E-state index in [9.17, 15) is 14.4 Å². The summed E-state index contributed by atoms with van der Waals surface area (Å²) in [5, 5.41) is 2.74. The van der Waals surface area contributed by atoms with Crippen LogP contribution in [-0.4, -0.2) is 43.8 Å². The summed E-state index contributed by atoms with van der Waals surface area (Å²) in [7, 11) is 1.46. The Morgan fingerprint density at radius 1 is 1.13 bits per heavy atom. The molecule has 1 spiro atoms. The zero-order valence-corrected chi connectivity index (χ0v) is 18.2. The van der Waals surface area contributed by atoms with Gasteiger partial charge in [0.15, 0.2) is 0 Å². The number of amides is 1. The Kier molecular flexibility index (Phi) is 5.82. The quantitative estimate of drug-likeness (QED) is 0.536. The van der Waals surface area contributed by atoms with Gasteiger partial charge in [-0.1, -0.05) is 18.2 Å². The highest BCUT2D eigenvalue weighted by Crippen LogP contribution is 2.52. The highest BCUT2D eigenvalue weighted by atomic mass is 16.6. The van der Waals surface area contributed by atoms with Gasteiger partial charge in [-0.15, -0.1) is 0 Å². The topological polar surface area (TPSA) is 126 Å². The Balaban J connectivity index is 2.25. The van der Waals surface area contributed by atoms with E-state index in [4.69, 9.17) is 24.7 Å². The average Bonchev–Trinajstić information content (AvgIpc) is 2.92. The number of para-hydroxylation sites is 1. The van der Waals surface area contributed by atoms with Gasteiger partial charge in [0.25, 0.3) is 0 Å². The van der Waals surface area contributed by atoms with Gasteiger partial charge in [0.1, 0.15) is 34.5 Å². The van der Waals surface area contributed by atoms with E-state index < -0.39 is 28.9 Å². The summed E-state index contributed by atoms with van der Waals surface area (Å²) in [4.78, 5) is 39.9. The van der Waals surface area contributed by atoms with E-state index >= 15 is 0 Å². The predicted octanol–water partition coefficient (Wildman–Crippen LogP) is 1.88. The van der Waals surface area contributed by atoms with Crippen molar-refractivity contribution in [2.45, 2.75) is 38.7 Å². The Morgan fingerprint density at radius 2 is 1.81 bits per heavy atom. The molecule has 2 heterocycles. The Bertz CT molecular complexity index is 1000. The van der Waals surface area contributed by atoms with Crippen LogP contribution in [0.25, 0.3) is 0 Å². The molecule has 31 heavy (non-hydrogen) atoms. The average molecular weight is 430 g/mol. The van der Waals surface area contributed by atoms with Crippen molar-refractivity contribution < 1.29 is 33.3 Å². The van der Waals surface area contributed by atoms with Crippen molar-refractivity contribution in [2.75, 3.05) is 25.6 Å². The third-order valence-corrected chi connectivity index (χ3v) is 4.86. The smallest absolute Gasteiger partial charge is 0.341 e. The summed E-state index contributed by atoms with van der Waals surface area (Å²) >= 11 is 0. The summed E-state index contributed by atoms with van der Waals surface area (Å²) in [6.45, 7) is 6.66. The van der Waals surface area contributed by atoms with E-state index in [0.717, 1.165) is 0 Å². The monoisotopic (exact) mass is 430 g/mol. The number of carbonyl (C=O) groups is 3. The third-order valence-electron chi connectivity index (χ3n) is 4.86. The van der Waals surface area contributed by atoms with Gasteiger partial charge in [0.05, 0.1) is 6.61 Å². The lowest BCUT2D eigenvalue weighted by atomic mass is 9.67. The number of carbonyl (C=O) groups excluding carboxylic acids is 3. The number of nitrogens with one attached hydrogen (secondary N) is 1. The Labute approximate surface area is 180 Å². The molecule has 0 saturated heterocycles. The molecule has 1 aromatic rings. The standard InChI is InChI=1S/C22H26N2O7/c1-12-15(19(26)31-21(2,3)4)22(13-8-6-7-9-14(13)24-20(22)27)16(17(23)30-12)18(25)29-11-10-28-5/h6-9H,10-11,23H2,1-5H3,(H,24,27). The fraction of sp³-hybridized carbons (Fsp3) is 0.409. The maximum Gasteiger partial charge on any atom is 0.341 e. The molecule has 0 bridgehead atoms. The van der Waals surface area contributed by atoms with Crippen molar-refractivity contribution in [3.63, 3.8) is 0 Å². The number of benzene rings is 1. The van der Waals surface area contributed by atoms with Gasteiger partial charge >= 0.3 is 11.9 Å². The maximum absolute atomic E-state index is 13.5. The van der Waals surface area contributed by atoms with Gasteiger partial charge in [-0.25, -0.2) is 9.59 Å². The van der Waals surface area contributed by atoms with E-state index in [1.807, 2.05) is 0 Å². The van der Waals surface area contributed by atoms with Gasteiger partial charge < -0.3 is 30.0 Å². The normalized spacial score (nSPS) is 20.4. The first-order chi connectivity index (χ1) is 14.5. The highest BCUT2D eigenvalue weighted by molar-refractivity contribution is 6.21. The number of esters is 2. The fourth-order valence-corrected chi connectivity index (χ4v) is 3.76. The molecule has 3 rings (SSSR count). The van der Waals surface area contributed by atoms with E-state index in [1.165, 1.54) is 14.0 Å². The number of hydrogen-bond donors (Lipinski definition) is 2. The molecule has 0 radical (unpaired) electrons. The highest BCUT2D eigenvalue weighted by Gasteiger charge is 2.62. The molecule has 2 aliphatic heterocycles. The first-order valence-electron chi connectivity index (χ1n) is 9.73. The minimum Gasteiger partial charge on any atom is -0.460 e. The van der Waals surface area contributed by atoms with Gasteiger partial charge in [-0.3, -0.25) is 4.79 Å². The number of ether oxygens (including phenoxy) is 4. The van der Waals surface area contributed by atoms with Crippen molar-refractivity contribution in [3.05, 3.63) is 52.6 Å². The molecular formula is C22H26N2O7. The number of rotatable bonds is 5. The van der Waals surface area contributed by atoms with Crippen LogP contribution in [0.5, 0.6) is 0 Å². The van der Waals surface area contributed by atoms with Gasteiger partial charge in [0, 0.05) is 18.4 Å². The minimum atomic E-state index is -1.88. The molecule has 0 aliphatic carbocycles. The predicted molar refractivity (Wildman–Crippen MR) is 110 cm³/mol. The van der Waals surface area contributed by atoms with E-state index in [-0.39, 0.29) is 36.0 Å². The van der Waals surface area contributed by atoms with Crippen LogP contribution in [0.1, 0.15) is 33.3 Å². The third kappa shape index (κ3) is 3.76. The van der Waals surface area contributed by atoms with E-state index in [2.05, 4.69) is 5.32 Å². The first kappa shape index (κ1) is 22.4. The summed E-state index contributed by atoms with van der Waals surface area (Å²) in [6.07, 6.45) is 0. The lowest BCUT2D eigenvalue weighted by Gasteiger charge is -2.36. The molecule has 166 valence electrons. The van der Waals surface area contributed by atoms with Crippen LogP contribution in [0.2, 0.25) is 0 Å². The van der Waals surface area contributed by atoms with Crippen molar-refractivity contribution in [1.82, 2.24) is 0 Å². The molecule has 1 aromatic carbocycles. The van der Waals surface area contributed by atoms with E-state index in [0.29, 0.717) is 11.3 Å². The van der Waals surface area contributed by atoms with Gasteiger partial charge in [-0.2, -0.15) is 0 Å². The number of nitrogens with two attached hydrogens (primary N) is 1. The number of fused-ring (bicyclic) bond motifs is 2. The van der Waals surface area contributed by atoms with Crippen LogP contribution < -0.4 is 11.1 Å². The molecule has 1 atom stereocenters. The van der Waals surface area contributed by atoms with Gasteiger partial charge in [-0.05, 0) is 33.8 Å². The molecule has 9 nitrogen and oxygen atoms in total. The van der Waals surface area contributed by atoms with Crippen LogP contribution in [-0.2, 0) is 38.7 Å². The number of allylic oxidation sites excluding steroid dienone is 1. The molecule has 1 unspecified atom stereocenters. The second-order valence-electron chi connectivity index (χ2n) is 8.15. The van der Waals surface area contributed by atoms with E-state index in [1.54, 1.807) is 45.0 Å². The molecule has 0 saturated carbocycles. The Morgan fingerprint density at radius 3 is 2.45 bits per heavy atom. The zero-order chi connectivity index (χ0) is 23.0. The minimum absolute atomic E-state index is 0.0621. The second kappa shape index (κ2) is 8.07. The first-order valence-corrected chi connectivity index (χ1v) is 9.73. The van der Waals surface area contributed by atoms with Crippen LogP contribution in [0.15, 0.2) is 47.1 Å². The van der Waals surface area contributed by atoms with Crippen LogP contribution in [0.4, 0.5) is 5.69 Å². The molecule has 2 aliphatic rings. The molecule has 1 amide bonds. The summed E-state index contributed by atoms with van der Waals surface area (Å²) in [5.41, 5.74) is 3.78. The molecular weight excluding hydrogens is 404 g/mol. The van der Waals surface area contributed by atoms with Crippen molar-refractivity contribution >= 4 is 23.5 Å². The number of anilines is 1. The van der Waals surface area contributed by atoms with Crippen LogP contribution in [0.3, 0.4) is 0 Å². The lowest BCUT2D eigenvalue weighted by Crippen LogP contribution is -2.49. The number of methoxy groups -OCH3 is 1. The van der Waals surface area contributed by atoms with Crippen LogP contribution >= 0.6 is 0 Å². The summed E-state index contributed by atoms with van der Waals surface area (Å²) < 4.78 is 21.3. The summed E-state index contributed by atoms with van der Waals surface area (Å²) in [5.74, 6) is -2.58. The largest absolute Gasteiger partial charge is 0.460 e.